The van der Waals surface area contributed by atoms with Crippen molar-refractivity contribution in [1.29, 1.82) is 0 Å². The molecule has 2 saturated carbocycles. The molecule has 7 atom stereocenters. The topological polar surface area (TPSA) is 118 Å². The summed E-state index contributed by atoms with van der Waals surface area (Å²) in [7, 11) is 1.60. The highest BCUT2D eigenvalue weighted by Crippen LogP contribution is 2.69. The number of ether oxygens (including phenoxy) is 1. The molecule has 0 radical (unpaired) electrons. The number of aromatic hydroxyl groups is 1. The minimum atomic E-state index is -0.494. The van der Waals surface area contributed by atoms with Crippen LogP contribution >= 0.6 is 23.1 Å². The van der Waals surface area contributed by atoms with Crippen molar-refractivity contribution < 1.29 is 28.6 Å². The van der Waals surface area contributed by atoms with Crippen LogP contribution in [0.15, 0.2) is 82.6 Å². The fraction of sp³-hybridized carbons (Fsp3) is 0.294. The van der Waals surface area contributed by atoms with E-state index >= 15 is 0 Å². The van der Waals surface area contributed by atoms with Crippen LogP contribution in [-0.2, 0) is 20.9 Å². The molecule has 8 rings (SSSR count). The minimum Gasteiger partial charge on any atom is -0.508 e. The molecule has 4 aromatic rings. The number of hydrogen-bond acceptors (Lipinski definition) is 8. The van der Waals surface area contributed by atoms with Gasteiger partial charge in [-0.25, -0.2) is 4.39 Å². The largest absolute Gasteiger partial charge is 0.508 e. The van der Waals surface area contributed by atoms with E-state index in [0.29, 0.717) is 22.2 Å². The predicted molar refractivity (Wildman–Crippen MR) is 171 cm³/mol. The molecule has 1 saturated heterocycles. The van der Waals surface area contributed by atoms with Crippen LogP contribution in [0, 0.1) is 35.4 Å². The molecule has 3 amide bonds. The number of carbonyl (C=O) groups is 3. The molecule has 7 unspecified atom stereocenters. The van der Waals surface area contributed by atoms with Crippen LogP contribution in [-0.4, -0.2) is 39.8 Å². The summed E-state index contributed by atoms with van der Waals surface area (Å²) in [6.07, 6.45) is 0.722. The van der Waals surface area contributed by atoms with Gasteiger partial charge in [-0.1, -0.05) is 23.5 Å². The third-order valence-corrected chi connectivity index (χ3v) is 12.8. The summed E-state index contributed by atoms with van der Waals surface area (Å²) in [6.45, 7) is -0.193. The predicted octanol–water partition coefficient (Wildman–Crippen LogP) is 5.08. The number of hydrogen-bond donors (Lipinski definition) is 2. The van der Waals surface area contributed by atoms with Gasteiger partial charge in [-0.3, -0.25) is 28.6 Å². The van der Waals surface area contributed by atoms with Gasteiger partial charge >= 0.3 is 4.87 Å². The number of phenolic OH excluding ortho intramolecular Hbond substituents is 1. The van der Waals surface area contributed by atoms with Crippen molar-refractivity contribution in [2.45, 2.75) is 29.2 Å². The Bertz CT molecular complexity index is 1940. The molecule has 3 fully saturated rings. The fourth-order valence-electron chi connectivity index (χ4n) is 8.17. The second-order valence-electron chi connectivity index (χ2n) is 12.2. The van der Waals surface area contributed by atoms with E-state index in [9.17, 15) is 28.7 Å². The van der Waals surface area contributed by atoms with E-state index in [1.807, 2.05) is 24.3 Å². The molecule has 12 heteroatoms. The molecule has 3 aromatic carbocycles. The summed E-state index contributed by atoms with van der Waals surface area (Å²) in [5, 5.41) is 13.0. The highest BCUT2D eigenvalue weighted by Gasteiger charge is 2.69. The molecule has 0 spiro atoms. The van der Waals surface area contributed by atoms with Crippen molar-refractivity contribution in [2.24, 2.45) is 29.6 Å². The summed E-state index contributed by atoms with van der Waals surface area (Å²) < 4.78 is 20.6. The Balaban J connectivity index is 1.17. The lowest BCUT2D eigenvalue weighted by molar-refractivity contribution is -0.123. The van der Waals surface area contributed by atoms with E-state index in [0.717, 1.165) is 28.2 Å². The van der Waals surface area contributed by atoms with Crippen LogP contribution in [0.25, 0.3) is 0 Å². The van der Waals surface area contributed by atoms with Gasteiger partial charge in [-0.15, -0.1) is 11.8 Å². The summed E-state index contributed by atoms with van der Waals surface area (Å²) >= 11 is 2.68. The summed E-state index contributed by atoms with van der Waals surface area (Å²) in [6, 6.07) is 19.3. The van der Waals surface area contributed by atoms with Crippen molar-refractivity contribution >= 4 is 52.2 Å². The third kappa shape index (κ3) is 4.41. The van der Waals surface area contributed by atoms with Crippen molar-refractivity contribution in [2.75, 3.05) is 17.3 Å². The summed E-state index contributed by atoms with van der Waals surface area (Å²) in [5.74, 6) is -1.94. The van der Waals surface area contributed by atoms with E-state index in [2.05, 4.69) is 5.32 Å². The second-order valence-corrected chi connectivity index (χ2v) is 14.4. The lowest BCUT2D eigenvalue weighted by Crippen LogP contribution is -2.43. The highest BCUT2D eigenvalue weighted by molar-refractivity contribution is 8.00. The van der Waals surface area contributed by atoms with E-state index in [1.165, 1.54) is 45.9 Å². The van der Waals surface area contributed by atoms with Crippen LogP contribution in [0.4, 0.5) is 15.8 Å². The molecule has 3 heterocycles. The number of thiazole rings is 1. The summed E-state index contributed by atoms with van der Waals surface area (Å²) in [4.78, 5) is 56.3. The van der Waals surface area contributed by atoms with Gasteiger partial charge in [0.25, 0.3) is 0 Å². The van der Waals surface area contributed by atoms with Crippen LogP contribution < -0.4 is 19.8 Å². The number of rotatable bonds is 6. The van der Waals surface area contributed by atoms with Crippen LogP contribution in [0.3, 0.4) is 0 Å². The van der Waals surface area contributed by atoms with Crippen molar-refractivity contribution in [3.8, 4) is 11.5 Å². The lowest BCUT2D eigenvalue weighted by Gasteiger charge is -2.43. The number of nitrogens with zero attached hydrogens (tertiary/aromatic N) is 2. The number of imide groups is 1. The number of anilines is 2. The molecule has 2 N–H and O–H groups in total. The zero-order valence-electron chi connectivity index (χ0n) is 24.5. The van der Waals surface area contributed by atoms with Crippen molar-refractivity contribution in [3.05, 3.63) is 98.7 Å². The number of amides is 3. The first-order valence-electron chi connectivity index (χ1n) is 15.0. The Morgan fingerprint density at radius 3 is 2.30 bits per heavy atom. The number of halogens is 1. The maximum absolute atomic E-state index is 13.9. The van der Waals surface area contributed by atoms with Crippen LogP contribution in [0.1, 0.15) is 22.8 Å². The maximum atomic E-state index is 13.9. The van der Waals surface area contributed by atoms with E-state index < -0.39 is 17.7 Å². The fourth-order valence-corrected chi connectivity index (χ4v) is 11.3. The number of nitrogens with one attached hydrogen (secondary N) is 1. The molecule has 1 aromatic heterocycles. The number of fused-ring (bicyclic) bond motifs is 9. The third-order valence-electron chi connectivity index (χ3n) is 9.96. The van der Waals surface area contributed by atoms with Crippen molar-refractivity contribution in [3.63, 3.8) is 0 Å². The highest BCUT2D eigenvalue weighted by atomic mass is 32.2. The Kier molecular flexibility index (Phi) is 6.84. The van der Waals surface area contributed by atoms with Crippen LogP contribution in [0.5, 0.6) is 11.5 Å². The number of methoxy groups -OCH3 is 1. The van der Waals surface area contributed by atoms with E-state index in [4.69, 9.17) is 4.74 Å². The number of benzene rings is 3. The zero-order valence-corrected chi connectivity index (χ0v) is 26.1. The van der Waals surface area contributed by atoms with Gasteiger partial charge in [0, 0.05) is 21.7 Å². The van der Waals surface area contributed by atoms with E-state index in [1.54, 1.807) is 31.0 Å². The molecular weight excluding hydrogens is 630 g/mol. The smallest absolute Gasteiger partial charge is 0.308 e. The number of phenols is 1. The minimum absolute atomic E-state index is 0.0145. The lowest BCUT2D eigenvalue weighted by atomic mass is 9.68. The first kappa shape index (κ1) is 29.0. The molecule has 2 aliphatic carbocycles. The molecule has 46 heavy (non-hydrogen) atoms. The zero-order chi connectivity index (χ0) is 31.9. The van der Waals surface area contributed by atoms with E-state index in [-0.39, 0.29) is 63.8 Å². The van der Waals surface area contributed by atoms with Gasteiger partial charge in [0.15, 0.2) is 0 Å². The standard InChI is InChI=1S/C34H28FN3O6S2/c1-44-21-12-2-16(3-13-21)25-26-22-14-23(28-27(22)31(41)38(32(28)42)19-8-4-17(35)5-9-19)29(26)45-33-30(25)46-34(43)37(33)15-24(40)36-18-6-10-20(39)11-7-18/h2-13,22-23,25-29,39H,14-15H2,1H3,(H,36,40). The Hall–Kier alpha value is -4.42. The van der Waals surface area contributed by atoms with Gasteiger partial charge in [0.05, 0.1) is 29.7 Å². The average molecular weight is 658 g/mol. The summed E-state index contributed by atoms with van der Waals surface area (Å²) in [5.41, 5.74) is 1.86. The van der Waals surface area contributed by atoms with Gasteiger partial charge in [0.2, 0.25) is 17.7 Å². The molecule has 4 aliphatic rings. The monoisotopic (exact) mass is 657 g/mol. The molecule has 2 aliphatic heterocycles. The Labute approximate surface area is 271 Å². The van der Waals surface area contributed by atoms with Crippen LogP contribution in [0.2, 0.25) is 0 Å². The quantitative estimate of drug-likeness (QED) is 0.219. The second kappa shape index (κ2) is 10.8. The first-order chi connectivity index (χ1) is 22.2. The van der Waals surface area contributed by atoms with Gasteiger partial charge in [0.1, 0.15) is 23.9 Å². The Morgan fingerprint density at radius 2 is 1.63 bits per heavy atom. The molecular formula is C34H28FN3O6S2. The molecule has 9 nitrogen and oxygen atoms in total. The van der Waals surface area contributed by atoms with Gasteiger partial charge in [-0.05, 0) is 90.4 Å². The first-order valence-corrected chi connectivity index (χ1v) is 16.7. The Morgan fingerprint density at radius 1 is 0.957 bits per heavy atom. The van der Waals surface area contributed by atoms with Gasteiger partial charge < -0.3 is 15.2 Å². The average Bonchev–Trinajstić information content (AvgIpc) is 3.77. The SMILES string of the molecule is COc1ccc(C2c3sc(=O)n(CC(=O)Nc4ccc(O)cc4)c3SC3C4CC(C5C(=O)N(c6ccc(F)cc6)C(=O)C45)C23)cc1. The number of thioether (sulfide) groups is 1. The molecule has 2 bridgehead atoms. The molecule has 234 valence electrons. The van der Waals surface area contributed by atoms with Gasteiger partial charge in [-0.2, -0.15) is 0 Å². The van der Waals surface area contributed by atoms with Crippen molar-refractivity contribution in [1.82, 2.24) is 4.57 Å². The normalized spacial score (nSPS) is 27.3. The maximum Gasteiger partial charge on any atom is 0.308 e. The number of carbonyl (C=O) groups excluding carboxylic acids is 3. The number of aromatic nitrogens is 1.